The van der Waals surface area contributed by atoms with Crippen LogP contribution in [0.3, 0.4) is 0 Å². The summed E-state index contributed by atoms with van der Waals surface area (Å²) in [6.07, 6.45) is 0.820. The molecule has 1 amide bonds. The van der Waals surface area contributed by atoms with E-state index in [1.807, 2.05) is 38.4 Å². The molecule has 1 aliphatic rings. The van der Waals surface area contributed by atoms with Crippen LogP contribution in [0.1, 0.15) is 18.0 Å². The van der Waals surface area contributed by atoms with Gasteiger partial charge in [0.2, 0.25) is 5.91 Å². The Morgan fingerprint density at radius 1 is 1.43 bits per heavy atom. The van der Waals surface area contributed by atoms with Crippen LogP contribution in [-0.4, -0.2) is 51.8 Å². The molecule has 1 N–H and O–H groups in total. The topological polar surface area (TPSA) is 50.8 Å². The standard InChI is InChI=1S/C16H24N2O3/c1-18(2)15(12-4-6-14(20-3)7-5-12)10-17-16(19)13-8-9-21-11-13/h4-7,13,15H,8-11H2,1-3H3,(H,17,19). The quantitative estimate of drug-likeness (QED) is 0.862. The van der Waals surface area contributed by atoms with E-state index in [1.54, 1.807) is 7.11 Å². The van der Waals surface area contributed by atoms with Crippen LogP contribution in [0.5, 0.6) is 5.75 Å². The minimum atomic E-state index is 0.00341. The number of hydrogen-bond donors (Lipinski definition) is 1. The van der Waals surface area contributed by atoms with E-state index >= 15 is 0 Å². The number of amides is 1. The third kappa shape index (κ3) is 4.19. The summed E-state index contributed by atoms with van der Waals surface area (Å²) in [7, 11) is 5.68. The SMILES string of the molecule is COc1ccc(C(CNC(=O)C2CCOC2)N(C)C)cc1. The third-order valence-corrected chi connectivity index (χ3v) is 3.89. The number of nitrogens with one attached hydrogen (secondary N) is 1. The Bertz CT molecular complexity index is 453. The first kappa shape index (κ1) is 15.8. The van der Waals surface area contributed by atoms with E-state index in [4.69, 9.17) is 9.47 Å². The van der Waals surface area contributed by atoms with Gasteiger partial charge in [-0.3, -0.25) is 4.79 Å². The van der Waals surface area contributed by atoms with Gasteiger partial charge in [-0.05, 0) is 38.2 Å². The summed E-state index contributed by atoms with van der Waals surface area (Å²) in [4.78, 5) is 14.2. The van der Waals surface area contributed by atoms with Gasteiger partial charge in [0.15, 0.2) is 0 Å². The summed E-state index contributed by atoms with van der Waals surface area (Å²) in [5.74, 6) is 0.930. The second-order valence-electron chi connectivity index (χ2n) is 5.56. The van der Waals surface area contributed by atoms with E-state index in [9.17, 15) is 4.79 Å². The summed E-state index contributed by atoms with van der Waals surface area (Å²) in [5, 5.41) is 3.04. The highest BCUT2D eigenvalue weighted by atomic mass is 16.5. The molecule has 1 heterocycles. The van der Waals surface area contributed by atoms with Gasteiger partial charge in [0, 0.05) is 13.2 Å². The van der Waals surface area contributed by atoms with Gasteiger partial charge in [-0.1, -0.05) is 12.1 Å². The van der Waals surface area contributed by atoms with Crippen LogP contribution in [0.25, 0.3) is 0 Å². The fourth-order valence-corrected chi connectivity index (χ4v) is 2.51. The lowest BCUT2D eigenvalue weighted by Gasteiger charge is -2.25. The molecule has 1 aliphatic heterocycles. The second kappa shape index (κ2) is 7.43. The van der Waals surface area contributed by atoms with E-state index in [2.05, 4.69) is 10.2 Å². The average molecular weight is 292 g/mol. The van der Waals surface area contributed by atoms with Crippen molar-refractivity contribution in [3.8, 4) is 5.75 Å². The van der Waals surface area contributed by atoms with Crippen LogP contribution in [0, 0.1) is 5.92 Å². The Morgan fingerprint density at radius 2 is 2.14 bits per heavy atom. The first-order valence-electron chi connectivity index (χ1n) is 7.27. The summed E-state index contributed by atoms with van der Waals surface area (Å²) < 4.78 is 10.4. The van der Waals surface area contributed by atoms with Crippen molar-refractivity contribution in [1.29, 1.82) is 0 Å². The lowest BCUT2D eigenvalue weighted by Crippen LogP contribution is -2.37. The average Bonchev–Trinajstić information content (AvgIpc) is 3.02. The molecule has 5 nitrogen and oxygen atoms in total. The fourth-order valence-electron chi connectivity index (χ4n) is 2.51. The number of ether oxygens (including phenoxy) is 2. The van der Waals surface area contributed by atoms with Gasteiger partial charge in [0.1, 0.15) is 5.75 Å². The van der Waals surface area contributed by atoms with E-state index in [0.717, 1.165) is 17.7 Å². The highest BCUT2D eigenvalue weighted by Crippen LogP contribution is 2.21. The normalized spacial score (nSPS) is 19.5. The summed E-state index contributed by atoms with van der Waals surface area (Å²) in [5.41, 5.74) is 1.16. The summed E-state index contributed by atoms with van der Waals surface area (Å²) >= 11 is 0. The Hall–Kier alpha value is -1.59. The Labute approximate surface area is 126 Å². The number of likely N-dealkylation sites (N-methyl/N-ethyl adjacent to an activating group) is 1. The minimum absolute atomic E-state index is 0.00341. The Kier molecular flexibility index (Phi) is 5.59. The monoisotopic (exact) mass is 292 g/mol. The highest BCUT2D eigenvalue weighted by Gasteiger charge is 2.24. The molecule has 1 fully saturated rings. The van der Waals surface area contributed by atoms with Crippen LogP contribution in [0.4, 0.5) is 0 Å². The molecule has 1 saturated heterocycles. The fraction of sp³-hybridized carbons (Fsp3) is 0.562. The second-order valence-corrected chi connectivity index (χ2v) is 5.56. The maximum atomic E-state index is 12.1. The van der Waals surface area contributed by atoms with Crippen molar-refractivity contribution in [2.75, 3.05) is 41.0 Å². The number of hydrogen-bond acceptors (Lipinski definition) is 4. The van der Waals surface area contributed by atoms with Gasteiger partial charge < -0.3 is 19.7 Å². The molecule has 0 aliphatic carbocycles. The Morgan fingerprint density at radius 3 is 2.67 bits per heavy atom. The van der Waals surface area contributed by atoms with Crippen LogP contribution in [-0.2, 0) is 9.53 Å². The molecule has 0 bridgehead atoms. The first-order chi connectivity index (χ1) is 10.1. The van der Waals surface area contributed by atoms with Crippen molar-refractivity contribution in [2.24, 2.45) is 5.92 Å². The van der Waals surface area contributed by atoms with Gasteiger partial charge in [0.25, 0.3) is 0 Å². The van der Waals surface area contributed by atoms with E-state index in [0.29, 0.717) is 19.8 Å². The van der Waals surface area contributed by atoms with E-state index in [-0.39, 0.29) is 17.9 Å². The summed E-state index contributed by atoms with van der Waals surface area (Å²) in [6, 6.07) is 8.10. The largest absolute Gasteiger partial charge is 0.497 e. The van der Waals surface area contributed by atoms with Gasteiger partial charge >= 0.3 is 0 Å². The lowest BCUT2D eigenvalue weighted by atomic mass is 10.0. The van der Waals surface area contributed by atoms with Crippen molar-refractivity contribution >= 4 is 5.91 Å². The third-order valence-electron chi connectivity index (χ3n) is 3.89. The molecule has 1 aromatic carbocycles. The molecule has 5 heteroatoms. The highest BCUT2D eigenvalue weighted by molar-refractivity contribution is 5.79. The van der Waals surface area contributed by atoms with Crippen molar-refractivity contribution in [3.63, 3.8) is 0 Å². The molecule has 0 saturated carbocycles. The maximum absolute atomic E-state index is 12.1. The molecule has 0 radical (unpaired) electrons. The molecule has 1 aromatic rings. The zero-order valence-corrected chi connectivity index (χ0v) is 13.0. The smallest absolute Gasteiger partial charge is 0.225 e. The number of carbonyl (C=O) groups is 1. The predicted octanol–water partition coefficient (Wildman–Crippen LogP) is 1.45. The lowest BCUT2D eigenvalue weighted by molar-refractivity contribution is -0.125. The van der Waals surface area contributed by atoms with Gasteiger partial charge in [-0.15, -0.1) is 0 Å². The van der Waals surface area contributed by atoms with Crippen LogP contribution >= 0.6 is 0 Å². The number of nitrogens with zero attached hydrogens (tertiary/aromatic N) is 1. The zero-order valence-electron chi connectivity index (χ0n) is 13.0. The molecule has 2 atom stereocenters. The first-order valence-corrected chi connectivity index (χ1v) is 7.27. The predicted molar refractivity (Wildman–Crippen MR) is 81.4 cm³/mol. The molecular formula is C16H24N2O3. The Balaban J connectivity index is 1.96. The van der Waals surface area contributed by atoms with Gasteiger partial charge in [-0.2, -0.15) is 0 Å². The molecule has 0 spiro atoms. The van der Waals surface area contributed by atoms with Crippen LogP contribution in [0.15, 0.2) is 24.3 Å². The molecule has 116 valence electrons. The minimum Gasteiger partial charge on any atom is -0.497 e. The van der Waals surface area contributed by atoms with Crippen molar-refractivity contribution in [3.05, 3.63) is 29.8 Å². The van der Waals surface area contributed by atoms with Crippen LogP contribution < -0.4 is 10.1 Å². The van der Waals surface area contributed by atoms with Crippen molar-refractivity contribution in [2.45, 2.75) is 12.5 Å². The number of carbonyl (C=O) groups excluding carboxylic acids is 1. The maximum Gasteiger partial charge on any atom is 0.225 e. The van der Waals surface area contributed by atoms with E-state index < -0.39 is 0 Å². The van der Waals surface area contributed by atoms with Gasteiger partial charge in [-0.25, -0.2) is 0 Å². The van der Waals surface area contributed by atoms with E-state index in [1.165, 1.54) is 0 Å². The molecule has 2 unspecified atom stereocenters. The van der Waals surface area contributed by atoms with Crippen LogP contribution in [0.2, 0.25) is 0 Å². The summed E-state index contributed by atoms with van der Waals surface area (Å²) in [6.45, 7) is 1.82. The molecule has 21 heavy (non-hydrogen) atoms. The number of benzene rings is 1. The molecular weight excluding hydrogens is 268 g/mol. The number of rotatable bonds is 6. The molecule has 2 rings (SSSR count). The van der Waals surface area contributed by atoms with Crippen molar-refractivity contribution in [1.82, 2.24) is 10.2 Å². The number of methoxy groups -OCH3 is 1. The van der Waals surface area contributed by atoms with Crippen molar-refractivity contribution < 1.29 is 14.3 Å². The zero-order chi connectivity index (χ0) is 15.2. The van der Waals surface area contributed by atoms with Gasteiger partial charge in [0.05, 0.1) is 25.7 Å². The molecule has 0 aromatic heterocycles.